The quantitative estimate of drug-likeness (QED) is 0.616. The van der Waals surface area contributed by atoms with Crippen LogP contribution in [0.15, 0.2) is 24.7 Å². The monoisotopic (exact) mass is 178 g/mol. The largest absolute Gasteiger partial charge is 0.512 e. The van der Waals surface area contributed by atoms with E-state index in [2.05, 4.69) is 13.2 Å². The molecule has 0 amide bonds. The van der Waals surface area contributed by atoms with E-state index in [-0.39, 0.29) is 0 Å². The van der Waals surface area contributed by atoms with Crippen LogP contribution in [-0.2, 0) is 9.84 Å². The third-order valence-corrected chi connectivity index (χ3v) is 2.32. The lowest BCUT2D eigenvalue weighted by Gasteiger charge is -2.00. The highest BCUT2D eigenvalue weighted by atomic mass is 32.2. The lowest BCUT2D eigenvalue weighted by atomic mass is 10.7. The van der Waals surface area contributed by atoms with Crippen molar-refractivity contribution < 1.29 is 18.6 Å². The van der Waals surface area contributed by atoms with Crippen molar-refractivity contribution in [1.29, 1.82) is 0 Å². The van der Waals surface area contributed by atoms with Gasteiger partial charge in [-0.05, 0) is 0 Å². The third kappa shape index (κ3) is 5.47. The van der Waals surface area contributed by atoms with Gasteiger partial charge in [0.05, 0.1) is 0 Å². The van der Waals surface area contributed by atoms with Gasteiger partial charge in [-0.15, -0.1) is 0 Å². The molecule has 0 aliphatic heterocycles. The molecule has 0 aliphatic carbocycles. The maximum Gasteiger partial charge on any atom is 0.164 e. The molecule has 0 spiro atoms. The van der Waals surface area contributed by atoms with Crippen LogP contribution in [0.2, 0.25) is 0 Å². The molecule has 4 nitrogen and oxygen atoms in total. The van der Waals surface area contributed by atoms with Gasteiger partial charge in [-0.25, -0.2) is 8.42 Å². The van der Waals surface area contributed by atoms with Crippen molar-refractivity contribution in [3.05, 3.63) is 24.7 Å². The first kappa shape index (κ1) is 10.0. The molecule has 64 valence electrons. The Balaban J connectivity index is 4.25. The molecule has 0 rings (SSSR count). The van der Waals surface area contributed by atoms with Gasteiger partial charge >= 0.3 is 0 Å². The molecule has 5 heteroatoms. The lowest BCUT2D eigenvalue weighted by molar-refractivity contribution is 0.410. The Labute approximate surface area is 65.4 Å². The Morgan fingerprint density at radius 3 is 1.55 bits per heavy atom. The van der Waals surface area contributed by atoms with Crippen molar-refractivity contribution in [2.45, 2.75) is 0 Å². The van der Waals surface area contributed by atoms with Gasteiger partial charge in [0.2, 0.25) is 0 Å². The summed E-state index contributed by atoms with van der Waals surface area (Å²) < 4.78 is 21.6. The fourth-order valence-electron chi connectivity index (χ4n) is 0.559. The summed E-state index contributed by atoms with van der Waals surface area (Å²) in [6.07, 6.45) is 0. The average Bonchev–Trinajstić information content (AvgIpc) is 1.53. The second-order valence-corrected chi connectivity index (χ2v) is 4.23. The number of aliphatic hydroxyl groups excluding tert-OH is 2. The Bertz CT molecular complexity index is 240. The normalized spacial score (nSPS) is 10.9. The molecule has 0 heterocycles. The molecule has 0 aromatic rings. The Morgan fingerprint density at radius 2 is 1.36 bits per heavy atom. The number of hydrogen-bond donors (Lipinski definition) is 2. The first-order valence-corrected chi connectivity index (χ1v) is 4.59. The minimum atomic E-state index is -3.48. The lowest BCUT2D eigenvalue weighted by Crippen LogP contribution is -2.13. The molecule has 0 saturated heterocycles. The predicted octanol–water partition coefficient (Wildman–Crippen LogP) is 0.545. The second kappa shape index (κ2) is 3.43. The fraction of sp³-hybridized carbons (Fsp3) is 0.333. The zero-order chi connectivity index (χ0) is 9.07. The number of hydrogen-bond acceptors (Lipinski definition) is 4. The van der Waals surface area contributed by atoms with Gasteiger partial charge in [-0.2, -0.15) is 0 Å². The van der Waals surface area contributed by atoms with Gasteiger partial charge in [0.1, 0.15) is 23.0 Å². The van der Waals surface area contributed by atoms with Crippen molar-refractivity contribution in [2.24, 2.45) is 0 Å². The van der Waals surface area contributed by atoms with Crippen molar-refractivity contribution in [1.82, 2.24) is 0 Å². The van der Waals surface area contributed by atoms with E-state index in [0.29, 0.717) is 0 Å². The van der Waals surface area contributed by atoms with Crippen molar-refractivity contribution in [2.75, 3.05) is 11.5 Å². The summed E-state index contributed by atoms with van der Waals surface area (Å²) in [4.78, 5) is 0. The van der Waals surface area contributed by atoms with Gasteiger partial charge < -0.3 is 10.2 Å². The molecule has 0 atom stereocenters. The minimum Gasteiger partial charge on any atom is -0.512 e. The summed E-state index contributed by atoms with van der Waals surface area (Å²) in [5.41, 5.74) is 0. The van der Waals surface area contributed by atoms with Crippen LogP contribution in [0.25, 0.3) is 0 Å². The van der Waals surface area contributed by atoms with Crippen LogP contribution >= 0.6 is 0 Å². The van der Waals surface area contributed by atoms with Crippen LogP contribution in [0.1, 0.15) is 0 Å². The van der Waals surface area contributed by atoms with Crippen LogP contribution in [-0.4, -0.2) is 30.1 Å². The fourth-order valence-corrected chi connectivity index (χ4v) is 1.68. The summed E-state index contributed by atoms with van der Waals surface area (Å²) in [6.45, 7) is 6.03. The van der Waals surface area contributed by atoms with Gasteiger partial charge in [-0.1, -0.05) is 13.2 Å². The van der Waals surface area contributed by atoms with E-state index in [1.165, 1.54) is 0 Å². The topological polar surface area (TPSA) is 74.6 Å². The van der Waals surface area contributed by atoms with Crippen molar-refractivity contribution in [3.8, 4) is 0 Å². The molecule has 2 N–H and O–H groups in total. The van der Waals surface area contributed by atoms with Crippen molar-refractivity contribution in [3.63, 3.8) is 0 Å². The zero-order valence-corrected chi connectivity index (χ0v) is 6.76. The third-order valence-electron chi connectivity index (χ3n) is 0.773. The Morgan fingerprint density at radius 1 is 1.09 bits per heavy atom. The highest BCUT2D eigenvalue weighted by Gasteiger charge is 2.13. The second-order valence-electron chi connectivity index (χ2n) is 2.16. The van der Waals surface area contributed by atoms with E-state index < -0.39 is 32.9 Å². The highest BCUT2D eigenvalue weighted by Crippen LogP contribution is 1.99. The molecule has 0 fully saturated rings. The molecule has 0 aromatic carbocycles. The number of aliphatic hydroxyl groups is 2. The molecular formula is C6H10O4S. The molecule has 11 heavy (non-hydrogen) atoms. The van der Waals surface area contributed by atoms with E-state index in [1.807, 2.05) is 0 Å². The number of rotatable bonds is 4. The first-order valence-electron chi connectivity index (χ1n) is 2.77. The SMILES string of the molecule is C=C(O)CS(=O)(=O)CC(=C)O. The van der Waals surface area contributed by atoms with E-state index in [1.54, 1.807) is 0 Å². The van der Waals surface area contributed by atoms with Gasteiger partial charge in [0, 0.05) is 0 Å². The average molecular weight is 178 g/mol. The molecular weight excluding hydrogens is 168 g/mol. The molecule has 0 bridgehead atoms. The predicted molar refractivity (Wildman–Crippen MR) is 42.2 cm³/mol. The molecule has 0 radical (unpaired) electrons. The highest BCUT2D eigenvalue weighted by molar-refractivity contribution is 7.91. The van der Waals surface area contributed by atoms with Gasteiger partial charge in [0.25, 0.3) is 0 Å². The minimum absolute atomic E-state index is 0.439. The summed E-state index contributed by atoms with van der Waals surface area (Å²) in [6, 6.07) is 0. The Hall–Kier alpha value is -0.970. The maximum absolute atomic E-state index is 10.8. The van der Waals surface area contributed by atoms with E-state index >= 15 is 0 Å². The van der Waals surface area contributed by atoms with Crippen LogP contribution in [0, 0.1) is 0 Å². The molecule has 0 unspecified atom stereocenters. The van der Waals surface area contributed by atoms with Crippen LogP contribution in [0.3, 0.4) is 0 Å². The Kier molecular flexibility index (Phi) is 3.13. The maximum atomic E-state index is 10.8. The summed E-state index contributed by atoms with van der Waals surface area (Å²) >= 11 is 0. The van der Waals surface area contributed by atoms with Crippen molar-refractivity contribution >= 4 is 9.84 Å². The van der Waals surface area contributed by atoms with E-state index in [0.717, 1.165) is 0 Å². The summed E-state index contributed by atoms with van der Waals surface area (Å²) in [5, 5.41) is 17.0. The van der Waals surface area contributed by atoms with Crippen LogP contribution < -0.4 is 0 Å². The van der Waals surface area contributed by atoms with Crippen LogP contribution in [0.5, 0.6) is 0 Å². The van der Waals surface area contributed by atoms with Gasteiger partial charge in [-0.3, -0.25) is 0 Å². The smallest absolute Gasteiger partial charge is 0.164 e. The molecule has 0 saturated carbocycles. The molecule has 0 aliphatic rings. The van der Waals surface area contributed by atoms with E-state index in [9.17, 15) is 8.42 Å². The zero-order valence-electron chi connectivity index (χ0n) is 5.95. The van der Waals surface area contributed by atoms with E-state index in [4.69, 9.17) is 10.2 Å². The number of sulfone groups is 1. The standard InChI is InChI=1S/C6H10O4S/c1-5(7)3-11(9,10)4-6(2)8/h7-8H,1-4H2. The molecule has 0 aromatic heterocycles. The summed E-state index contributed by atoms with van der Waals surface area (Å²) in [5.74, 6) is -1.95. The van der Waals surface area contributed by atoms with Gasteiger partial charge in [0.15, 0.2) is 9.84 Å². The van der Waals surface area contributed by atoms with Crippen LogP contribution in [0.4, 0.5) is 0 Å². The first-order chi connectivity index (χ1) is 4.83. The summed E-state index contributed by atoms with van der Waals surface area (Å²) in [7, 11) is -3.48.